The van der Waals surface area contributed by atoms with Crippen LogP contribution in [0.15, 0.2) is 42.5 Å². The molecule has 0 saturated carbocycles. The second kappa shape index (κ2) is 11.6. The van der Waals surface area contributed by atoms with E-state index in [1.807, 2.05) is 31.1 Å². The number of anilines is 3. The highest BCUT2D eigenvalue weighted by Crippen LogP contribution is 2.23. The highest BCUT2D eigenvalue weighted by molar-refractivity contribution is 6.03. The van der Waals surface area contributed by atoms with Crippen molar-refractivity contribution in [2.45, 2.75) is 13.8 Å². The van der Waals surface area contributed by atoms with Gasteiger partial charge in [0.15, 0.2) is 0 Å². The van der Waals surface area contributed by atoms with E-state index in [0.29, 0.717) is 29.0 Å². The maximum absolute atomic E-state index is 12.8. The minimum Gasteiger partial charge on any atom is -0.377 e. The Kier molecular flexibility index (Phi) is 8.85. The van der Waals surface area contributed by atoms with Crippen LogP contribution in [-0.4, -0.2) is 52.2 Å². The highest BCUT2D eigenvalue weighted by atomic mass is 16.2. The largest absolute Gasteiger partial charge is 0.377 e. The summed E-state index contributed by atoms with van der Waals surface area (Å²) in [5.74, 6) is -0.175. The van der Waals surface area contributed by atoms with Gasteiger partial charge in [0.05, 0.1) is 43.4 Å². The van der Waals surface area contributed by atoms with Crippen LogP contribution in [0.4, 0.5) is 21.9 Å². The van der Waals surface area contributed by atoms with Gasteiger partial charge in [-0.3, -0.25) is 4.79 Å². The maximum atomic E-state index is 12.8. The van der Waals surface area contributed by atoms with Crippen molar-refractivity contribution < 1.29 is 14.5 Å². The predicted molar refractivity (Wildman–Crippen MR) is 124 cm³/mol. The third kappa shape index (κ3) is 7.01. The van der Waals surface area contributed by atoms with Crippen molar-refractivity contribution in [1.82, 2.24) is 5.32 Å². The molecular weight excluding hydrogens is 392 g/mol. The lowest BCUT2D eigenvalue weighted by Gasteiger charge is -2.19. The van der Waals surface area contributed by atoms with E-state index in [-0.39, 0.29) is 5.91 Å². The van der Waals surface area contributed by atoms with E-state index in [0.717, 1.165) is 25.3 Å². The number of nitriles is 1. The van der Waals surface area contributed by atoms with E-state index in [2.05, 4.69) is 29.8 Å². The van der Waals surface area contributed by atoms with E-state index in [9.17, 15) is 9.59 Å². The Morgan fingerprint density at radius 2 is 1.61 bits per heavy atom. The van der Waals surface area contributed by atoms with Gasteiger partial charge in [0.25, 0.3) is 5.91 Å². The summed E-state index contributed by atoms with van der Waals surface area (Å²) in [6.07, 6.45) is 0. The summed E-state index contributed by atoms with van der Waals surface area (Å²) in [7, 11) is 3.74. The van der Waals surface area contributed by atoms with Crippen molar-refractivity contribution >= 4 is 29.0 Å². The molecule has 2 aromatic carbocycles. The maximum Gasteiger partial charge on any atom is 0.323 e. The van der Waals surface area contributed by atoms with Gasteiger partial charge in [-0.15, -0.1) is 0 Å². The Morgan fingerprint density at radius 1 is 1.00 bits per heavy atom. The number of carbonyl (C=O) groups excluding carboxylic acids is 2. The SMILES string of the molecule is CC[NH+](CC)CCNC(=O)c1cc(NC(=O)Nc2ccc(C#N)cc2)ccc1N(C)C. The van der Waals surface area contributed by atoms with Crippen molar-refractivity contribution in [3.05, 3.63) is 53.6 Å². The molecule has 0 aromatic heterocycles. The van der Waals surface area contributed by atoms with E-state index in [1.54, 1.807) is 36.4 Å². The molecule has 31 heavy (non-hydrogen) atoms. The molecule has 0 aliphatic rings. The van der Waals surface area contributed by atoms with Crippen molar-refractivity contribution in [2.24, 2.45) is 0 Å². The van der Waals surface area contributed by atoms with E-state index in [1.165, 1.54) is 4.90 Å². The molecule has 0 saturated heterocycles. The zero-order chi connectivity index (χ0) is 22.8. The summed E-state index contributed by atoms with van der Waals surface area (Å²) in [6, 6.07) is 13.4. The third-order valence-electron chi connectivity index (χ3n) is 5.02. The molecule has 8 heteroatoms. The lowest BCUT2D eigenvalue weighted by atomic mass is 10.1. The minimum absolute atomic E-state index is 0.175. The summed E-state index contributed by atoms with van der Waals surface area (Å²) < 4.78 is 0. The first-order valence-electron chi connectivity index (χ1n) is 10.4. The van der Waals surface area contributed by atoms with Crippen LogP contribution in [0.1, 0.15) is 29.8 Å². The number of benzene rings is 2. The number of amides is 3. The van der Waals surface area contributed by atoms with Gasteiger partial charge in [0.1, 0.15) is 0 Å². The molecule has 0 atom stereocenters. The van der Waals surface area contributed by atoms with Gasteiger partial charge in [-0.05, 0) is 56.3 Å². The number of rotatable bonds is 9. The molecule has 8 nitrogen and oxygen atoms in total. The Morgan fingerprint density at radius 3 is 2.19 bits per heavy atom. The lowest BCUT2D eigenvalue weighted by Crippen LogP contribution is -3.12. The predicted octanol–water partition coefficient (Wildman–Crippen LogP) is 1.92. The van der Waals surface area contributed by atoms with Crippen LogP contribution >= 0.6 is 0 Å². The van der Waals surface area contributed by atoms with Gasteiger partial charge in [-0.2, -0.15) is 5.26 Å². The standard InChI is InChI=1S/C23H30N6O2/c1-5-29(6-2)14-13-25-22(30)20-15-19(11-12-21(20)28(3)4)27-23(31)26-18-9-7-17(16-24)8-10-18/h7-12,15H,5-6,13-14H2,1-4H3,(H,25,30)(H2,26,27,31)/p+1. The fourth-order valence-corrected chi connectivity index (χ4v) is 3.16. The monoisotopic (exact) mass is 423 g/mol. The summed E-state index contributed by atoms with van der Waals surface area (Å²) in [4.78, 5) is 28.4. The molecule has 0 aliphatic heterocycles. The van der Waals surface area contributed by atoms with Crippen molar-refractivity contribution in [3.63, 3.8) is 0 Å². The van der Waals surface area contributed by atoms with Crippen LogP contribution < -0.4 is 25.8 Å². The highest BCUT2D eigenvalue weighted by Gasteiger charge is 2.15. The number of hydrogen-bond acceptors (Lipinski definition) is 4. The minimum atomic E-state index is -0.432. The van der Waals surface area contributed by atoms with Gasteiger partial charge >= 0.3 is 6.03 Å². The Hall–Kier alpha value is -3.57. The number of likely N-dealkylation sites (N-methyl/N-ethyl adjacent to an activating group) is 1. The summed E-state index contributed by atoms with van der Waals surface area (Å²) in [5, 5.41) is 17.3. The molecule has 0 bridgehead atoms. The van der Waals surface area contributed by atoms with Gasteiger partial charge in [0, 0.05) is 31.2 Å². The first kappa shape index (κ1) is 23.7. The normalized spacial score (nSPS) is 10.3. The zero-order valence-corrected chi connectivity index (χ0v) is 18.6. The number of nitrogens with one attached hydrogen (secondary N) is 4. The number of nitrogens with zero attached hydrogens (tertiary/aromatic N) is 2. The van der Waals surface area contributed by atoms with Crippen molar-refractivity contribution in [1.29, 1.82) is 5.26 Å². The summed E-state index contributed by atoms with van der Waals surface area (Å²) in [6.45, 7) is 7.73. The number of urea groups is 1. The quantitative estimate of drug-likeness (QED) is 0.495. The van der Waals surface area contributed by atoms with Crippen LogP contribution in [0.5, 0.6) is 0 Å². The van der Waals surface area contributed by atoms with E-state index in [4.69, 9.17) is 5.26 Å². The average Bonchev–Trinajstić information content (AvgIpc) is 2.76. The molecule has 0 fully saturated rings. The van der Waals surface area contributed by atoms with Gasteiger partial charge in [-0.1, -0.05) is 0 Å². The van der Waals surface area contributed by atoms with Crippen LogP contribution in [0.3, 0.4) is 0 Å². The van der Waals surface area contributed by atoms with E-state index >= 15 is 0 Å². The molecule has 0 unspecified atom stereocenters. The molecule has 2 rings (SSSR count). The number of carbonyl (C=O) groups is 2. The second-order valence-corrected chi connectivity index (χ2v) is 7.36. The Balaban J connectivity index is 2.08. The molecule has 3 amide bonds. The summed E-state index contributed by atoms with van der Waals surface area (Å²) in [5.41, 5.74) is 2.86. The Bertz CT molecular complexity index is 930. The number of quaternary nitrogens is 1. The van der Waals surface area contributed by atoms with Crippen molar-refractivity contribution in [3.8, 4) is 6.07 Å². The summed E-state index contributed by atoms with van der Waals surface area (Å²) >= 11 is 0. The Labute approximate surface area is 183 Å². The molecule has 2 aromatic rings. The first-order chi connectivity index (χ1) is 14.9. The average molecular weight is 424 g/mol. The molecule has 4 N–H and O–H groups in total. The molecule has 0 spiro atoms. The van der Waals surface area contributed by atoms with Gasteiger partial charge < -0.3 is 25.8 Å². The molecule has 164 valence electrons. The zero-order valence-electron chi connectivity index (χ0n) is 18.6. The van der Waals surface area contributed by atoms with Gasteiger partial charge in [0.2, 0.25) is 0 Å². The fraction of sp³-hybridized carbons (Fsp3) is 0.348. The van der Waals surface area contributed by atoms with Crippen LogP contribution in [0.25, 0.3) is 0 Å². The third-order valence-corrected chi connectivity index (χ3v) is 5.02. The molecule has 0 radical (unpaired) electrons. The number of hydrogen-bond donors (Lipinski definition) is 4. The smallest absolute Gasteiger partial charge is 0.323 e. The molecular formula is C23H31N6O2+. The molecule has 0 heterocycles. The van der Waals surface area contributed by atoms with Crippen molar-refractivity contribution in [2.75, 3.05) is 55.8 Å². The van der Waals surface area contributed by atoms with Crippen LogP contribution in [-0.2, 0) is 0 Å². The first-order valence-corrected chi connectivity index (χ1v) is 10.4. The topological polar surface area (TPSA) is 102 Å². The molecule has 0 aliphatic carbocycles. The second-order valence-electron chi connectivity index (χ2n) is 7.36. The van der Waals surface area contributed by atoms with Crippen LogP contribution in [0.2, 0.25) is 0 Å². The van der Waals surface area contributed by atoms with Crippen LogP contribution in [0, 0.1) is 11.3 Å². The fourth-order valence-electron chi connectivity index (χ4n) is 3.16. The van der Waals surface area contributed by atoms with Gasteiger partial charge in [-0.25, -0.2) is 4.79 Å². The lowest BCUT2D eigenvalue weighted by molar-refractivity contribution is -0.895. The van der Waals surface area contributed by atoms with E-state index < -0.39 is 6.03 Å².